The molecule has 2 fully saturated rings. The zero-order valence-corrected chi connectivity index (χ0v) is 22.0. The van der Waals surface area contributed by atoms with Crippen molar-refractivity contribution in [1.29, 1.82) is 0 Å². The highest BCUT2D eigenvalue weighted by Crippen LogP contribution is 2.41. The molecule has 6 rings (SSSR count). The molecule has 0 radical (unpaired) electrons. The molecule has 2 aliphatic carbocycles. The van der Waals surface area contributed by atoms with Crippen LogP contribution in [0, 0.1) is 37.4 Å². The van der Waals surface area contributed by atoms with Gasteiger partial charge in [-0.3, -0.25) is 9.59 Å². The Bertz CT molecular complexity index is 1450. The minimum atomic E-state index is -0.324. The van der Waals surface area contributed by atoms with Crippen LogP contribution in [-0.2, 0) is 4.79 Å². The fraction of sp³-hybridized carbons (Fsp3) is 0.375. The van der Waals surface area contributed by atoms with Crippen molar-refractivity contribution in [2.45, 2.75) is 46.0 Å². The van der Waals surface area contributed by atoms with Gasteiger partial charge >= 0.3 is 0 Å². The number of aryl methyl sites for hydroxylation is 1. The van der Waals surface area contributed by atoms with Crippen molar-refractivity contribution >= 4 is 29.0 Å². The Morgan fingerprint density at radius 1 is 1.08 bits per heavy atom. The first-order valence-electron chi connectivity index (χ1n) is 13.8. The zero-order valence-electron chi connectivity index (χ0n) is 22.0. The van der Waals surface area contributed by atoms with Crippen molar-refractivity contribution in [3.63, 3.8) is 0 Å². The number of carbonyl (C=O) groups is 2. The summed E-state index contributed by atoms with van der Waals surface area (Å²) in [7, 11) is 0. The molecule has 0 bridgehead atoms. The number of ketones is 1. The zero-order chi connectivity index (χ0) is 26.4. The number of aromatic nitrogens is 1. The Morgan fingerprint density at radius 2 is 1.89 bits per heavy atom. The lowest BCUT2D eigenvalue weighted by Crippen LogP contribution is -2.30. The number of hydrogen-bond acceptors (Lipinski definition) is 3. The first kappa shape index (κ1) is 24.8. The molecule has 2 saturated carbocycles. The first-order chi connectivity index (χ1) is 18.4. The van der Waals surface area contributed by atoms with Gasteiger partial charge in [-0.2, -0.15) is 0 Å². The predicted molar refractivity (Wildman–Crippen MR) is 149 cm³/mol. The lowest BCUT2D eigenvalue weighted by Gasteiger charge is -2.19. The molecule has 3 aromatic rings. The largest absolute Gasteiger partial charge is 0.358 e. The maximum Gasteiger partial charge on any atom is 0.256 e. The number of anilines is 1. The lowest BCUT2D eigenvalue weighted by atomic mass is 9.86. The summed E-state index contributed by atoms with van der Waals surface area (Å²) in [5.74, 6) is 0.919. The lowest BCUT2D eigenvalue weighted by molar-refractivity contribution is -0.110. The summed E-state index contributed by atoms with van der Waals surface area (Å²) in [6.07, 6.45) is 7.60. The van der Waals surface area contributed by atoms with Gasteiger partial charge in [-0.1, -0.05) is 30.7 Å². The fourth-order valence-electron chi connectivity index (χ4n) is 6.32. The summed E-state index contributed by atoms with van der Waals surface area (Å²) in [5, 5.41) is 6.56. The van der Waals surface area contributed by atoms with Gasteiger partial charge in [0.1, 0.15) is 5.82 Å². The van der Waals surface area contributed by atoms with Gasteiger partial charge < -0.3 is 15.6 Å². The van der Waals surface area contributed by atoms with Crippen LogP contribution >= 0.6 is 0 Å². The standard InChI is InChI=1S/C32H34FN3O2/c1-18-28(35-19(2)29(18)31(37)25-10-4-7-22(25)17-34-16-20-12-13-20)15-26-30-24(21-6-3-8-23(33)14-21)9-5-11-27(30)36-32(26)38/h3,5-6,8-9,11,14-15,20,22,25,34-35H,4,7,10,12-13,16-17H2,1-2H3,(H,36,38)/b26-15-/t22-,25?/m0/s1. The second-order valence-electron chi connectivity index (χ2n) is 11.2. The summed E-state index contributed by atoms with van der Waals surface area (Å²) in [4.78, 5) is 30.3. The number of rotatable bonds is 8. The molecule has 2 atom stereocenters. The SMILES string of the molecule is Cc1[nH]c(/C=C2\C(=O)Nc3cccc(-c4cccc(F)c4)c32)c(C)c1C(=O)C1CCC[C@H]1CNCC1CC1. The summed E-state index contributed by atoms with van der Waals surface area (Å²) >= 11 is 0. The van der Waals surface area contributed by atoms with Crippen LogP contribution in [0.1, 0.15) is 65.0 Å². The predicted octanol–water partition coefficient (Wildman–Crippen LogP) is 6.53. The van der Waals surface area contributed by atoms with Gasteiger partial charge in [-0.05, 0) is 105 Å². The maximum atomic E-state index is 14.0. The molecule has 196 valence electrons. The molecule has 1 aromatic heterocycles. The Morgan fingerprint density at radius 3 is 2.68 bits per heavy atom. The van der Waals surface area contributed by atoms with Gasteiger partial charge in [-0.25, -0.2) is 4.39 Å². The van der Waals surface area contributed by atoms with E-state index < -0.39 is 0 Å². The number of hydrogen-bond donors (Lipinski definition) is 3. The van der Waals surface area contributed by atoms with Crippen LogP contribution in [0.5, 0.6) is 0 Å². The van der Waals surface area contributed by atoms with E-state index in [0.29, 0.717) is 22.7 Å². The van der Waals surface area contributed by atoms with Gasteiger partial charge in [0.05, 0.1) is 5.57 Å². The molecule has 3 aliphatic rings. The van der Waals surface area contributed by atoms with Crippen LogP contribution in [-0.4, -0.2) is 29.8 Å². The maximum absolute atomic E-state index is 14.0. The van der Waals surface area contributed by atoms with E-state index in [2.05, 4.69) is 15.6 Å². The average molecular weight is 512 g/mol. The Labute approximate surface area is 222 Å². The summed E-state index contributed by atoms with van der Waals surface area (Å²) < 4.78 is 14.0. The summed E-state index contributed by atoms with van der Waals surface area (Å²) in [5.41, 5.74) is 6.69. The highest BCUT2D eigenvalue weighted by atomic mass is 19.1. The molecular weight excluding hydrogens is 477 g/mol. The Kier molecular flexibility index (Phi) is 6.52. The molecule has 38 heavy (non-hydrogen) atoms. The van der Waals surface area contributed by atoms with E-state index in [1.165, 1.54) is 25.0 Å². The number of aromatic amines is 1. The first-order valence-corrected chi connectivity index (χ1v) is 13.8. The van der Waals surface area contributed by atoms with Gasteiger partial charge in [-0.15, -0.1) is 0 Å². The van der Waals surface area contributed by atoms with E-state index in [4.69, 9.17) is 0 Å². The Balaban J connectivity index is 1.32. The third-order valence-electron chi connectivity index (χ3n) is 8.51. The third-order valence-corrected chi connectivity index (χ3v) is 8.51. The monoisotopic (exact) mass is 511 g/mol. The molecule has 0 spiro atoms. The van der Waals surface area contributed by atoms with Crippen molar-refractivity contribution in [2.24, 2.45) is 17.8 Å². The normalized spacial score (nSPS) is 21.7. The van der Waals surface area contributed by atoms with Crippen LogP contribution in [0.25, 0.3) is 22.8 Å². The highest BCUT2D eigenvalue weighted by Gasteiger charge is 2.36. The van der Waals surface area contributed by atoms with Crippen LogP contribution in [0.2, 0.25) is 0 Å². The number of benzene rings is 2. The van der Waals surface area contributed by atoms with E-state index in [1.54, 1.807) is 6.07 Å². The van der Waals surface area contributed by atoms with Gasteiger partial charge in [0.2, 0.25) is 0 Å². The number of amides is 1. The molecule has 1 amide bonds. The molecule has 1 unspecified atom stereocenters. The molecule has 1 aliphatic heterocycles. The Hall–Kier alpha value is -3.51. The van der Waals surface area contributed by atoms with Crippen molar-refractivity contribution < 1.29 is 14.0 Å². The number of H-pyrrole nitrogens is 1. The van der Waals surface area contributed by atoms with Crippen LogP contribution in [0.3, 0.4) is 0 Å². The topological polar surface area (TPSA) is 74.0 Å². The molecule has 5 nitrogen and oxygen atoms in total. The van der Waals surface area contributed by atoms with Crippen molar-refractivity contribution in [2.75, 3.05) is 18.4 Å². The second-order valence-corrected chi connectivity index (χ2v) is 11.2. The van der Waals surface area contributed by atoms with E-state index >= 15 is 0 Å². The minimum absolute atomic E-state index is 0.0329. The van der Waals surface area contributed by atoms with Crippen LogP contribution < -0.4 is 10.6 Å². The highest BCUT2D eigenvalue weighted by molar-refractivity contribution is 6.36. The van der Waals surface area contributed by atoms with Crippen molar-refractivity contribution in [1.82, 2.24) is 10.3 Å². The summed E-state index contributed by atoms with van der Waals surface area (Å²) in [6, 6.07) is 12.0. The molecular formula is C32H34FN3O2. The van der Waals surface area contributed by atoms with Crippen LogP contribution in [0.15, 0.2) is 42.5 Å². The average Bonchev–Trinajstić information content (AvgIpc) is 3.39. The summed E-state index contributed by atoms with van der Waals surface area (Å²) in [6.45, 7) is 5.88. The van der Waals surface area contributed by atoms with E-state index in [0.717, 1.165) is 71.9 Å². The van der Waals surface area contributed by atoms with Crippen molar-refractivity contribution in [3.8, 4) is 11.1 Å². The van der Waals surface area contributed by atoms with Gasteiger partial charge in [0.15, 0.2) is 5.78 Å². The smallest absolute Gasteiger partial charge is 0.256 e. The number of Topliss-reactive ketones (excluding diaryl/α,β-unsaturated/α-hetero) is 1. The number of nitrogens with one attached hydrogen (secondary N) is 3. The fourth-order valence-corrected chi connectivity index (χ4v) is 6.32. The van der Waals surface area contributed by atoms with E-state index in [1.807, 2.05) is 44.2 Å². The van der Waals surface area contributed by atoms with Gasteiger partial charge in [0, 0.05) is 34.1 Å². The molecule has 3 N–H and O–H groups in total. The van der Waals surface area contributed by atoms with E-state index in [-0.39, 0.29) is 23.4 Å². The third kappa shape index (κ3) is 4.62. The number of halogens is 1. The molecule has 6 heteroatoms. The van der Waals surface area contributed by atoms with Crippen LogP contribution in [0.4, 0.5) is 10.1 Å². The van der Waals surface area contributed by atoms with Crippen molar-refractivity contribution in [3.05, 3.63) is 76.4 Å². The molecule has 2 heterocycles. The molecule has 0 saturated heterocycles. The minimum Gasteiger partial charge on any atom is -0.358 e. The molecule has 2 aromatic carbocycles. The quantitative estimate of drug-likeness (QED) is 0.238. The number of carbonyl (C=O) groups excluding carboxylic acids is 2. The number of fused-ring (bicyclic) bond motifs is 1. The second kappa shape index (κ2) is 9.99. The van der Waals surface area contributed by atoms with E-state index in [9.17, 15) is 14.0 Å². The van der Waals surface area contributed by atoms with Gasteiger partial charge in [0.25, 0.3) is 5.91 Å².